The highest BCUT2D eigenvalue weighted by molar-refractivity contribution is 5.91. The first-order chi connectivity index (χ1) is 12.1. The summed E-state index contributed by atoms with van der Waals surface area (Å²) in [6.45, 7) is 3.08. The lowest BCUT2D eigenvalue weighted by molar-refractivity contribution is -0.115. The minimum Gasteiger partial charge on any atom is -0.383 e. The summed E-state index contributed by atoms with van der Waals surface area (Å²) in [7, 11) is 0. The molecule has 0 aliphatic carbocycles. The molecule has 1 aliphatic rings. The second-order valence-electron chi connectivity index (χ2n) is 6.01. The van der Waals surface area contributed by atoms with Crippen molar-refractivity contribution in [2.75, 3.05) is 24.3 Å². The summed E-state index contributed by atoms with van der Waals surface area (Å²) in [5, 5.41) is 12.3. The van der Waals surface area contributed by atoms with E-state index < -0.39 is 0 Å². The van der Waals surface area contributed by atoms with Crippen molar-refractivity contribution in [1.82, 2.24) is 4.98 Å². The van der Waals surface area contributed by atoms with Gasteiger partial charge in [-0.2, -0.15) is 5.26 Å². The molecule has 1 saturated heterocycles. The number of nitrogens with zero attached hydrogens (tertiary/aromatic N) is 2. The molecule has 6 nitrogen and oxygen atoms in total. The zero-order chi connectivity index (χ0) is 17.8. The normalized spacial score (nSPS) is 16.4. The standard InChI is InChI=1S/C19H20N4O2/c1-2-18(24)22-14-5-3-4-12(8-14)17-9-15(13-6-7-25-11-13)16(10-20)19(21)23-17/h3-5,8-9,13H,2,6-7,11H2,1H3,(H2,21,23)(H,22,24)/t13-/m1/s1. The number of carbonyl (C=O) groups excluding carboxylic acids is 1. The third-order valence-corrected chi connectivity index (χ3v) is 4.32. The summed E-state index contributed by atoms with van der Waals surface area (Å²) in [5.74, 6) is 0.333. The number of rotatable bonds is 4. The number of ether oxygens (including phenoxy) is 1. The number of nitrogens with one attached hydrogen (secondary N) is 1. The van der Waals surface area contributed by atoms with Crippen molar-refractivity contribution in [3.8, 4) is 17.3 Å². The molecular formula is C19H20N4O2. The van der Waals surface area contributed by atoms with Gasteiger partial charge in [0.25, 0.3) is 0 Å². The number of nitriles is 1. The molecule has 1 atom stereocenters. The Bertz CT molecular complexity index is 836. The minimum atomic E-state index is -0.0479. The number of hydrogen-bond donors (Lipinski definition) is 2. The fourth-order valence-corrected chi connectivity index (χ4v) is 2.96. The number of nitrogen functional groups attached to an aromatic ring is 1. The Kier molecular flexibility index (Phi) is 4.96. The molecule has 3 rings (SSSR count). The van der Waals surface area contributed by atoms with Gasteiger partial charge in [-0.15, -0.1) is 0 Å². The molecule has 2 aromatic rings. The van der Waals surface area contributed by atoms with E-state index in [1.54, 1.807) is 6.92 Å². The van der Waals surface area contributed by atoms with Gasteiger partial charge >= 0.3 is 0 Å². The van der Waals surface area contributed by atoms with Crippen molar-refractivity contribution in [2.24, 2.45) is 0 Å². The van der Waals surface area contributed by atoms with Crippen LogP contribution < -0.4 is 11.1 Å². The maximum atomic E-state index is 11.6. The Morgan fingerprint density at radius 1 is 1.48 bits per heavy atom. The molecule has 0 saturated carbocycles. The maximum Gasteiger partial charge on any atom is 0.224 e. The van der Waals surface area contributed by atoms with Crippen molar-refractivity contribution in [3.63, 3.8) is 0 Å². The van der Waals surface area contributed by atoms with Gasteiger partial charge in [-0.3, -0.25) is 4.79 Å². The van der Waals surface area contributed by atoms with Crippen molar-refractivity contribution in [2.45, 2.75) is 25.7 Å². The van der Waals surface area contributed by atoms with Crippen LogP contribution >= 0.6 is 0 Å². The number of aromatic nitrogens is 1. The maximum absolute atomic E-state index is 11.6. The molecule has 3 N–H and O–H groups in total. The fraction of sp³-hybridized carbons (Fsp3) is 0.316. The van der Waals surface area contributed by atoms with Crippen LogP contribution in [-0.4, -0.2) is 24.1 Å². The molecule has 0 spiro atoms. The zero-order valence-corrected chi connectivity index (χ0v) is 14.1. The third-order valence-electron chi connectivity index (χ3n) is 4.32. The van der Waals surface area contributed by atoms with E-state index in [1.807, 2.05) is 30.3 Å². The predicted molar refractivity (Wildman–Crippen MR) is 95.9 cm³/mol. The van der Waals surface area contributed by atoms with Gasteiger partial charge in [0.2, 0.25) is 5.91 Å². The van der Waals surface area contributed by atoms with Gasteiger partial charge in [-0.25, -0.2) is 4.98 Å². The second-order valence-corrected chi connectivity index (χ2v) is 6.01. The van der Waals surface area contributed by atoms with E-state index >= 15 is 0 Å². The van der Waals surface area contributed by atoms with Crippen molar-refractivity contribution in [3.05, 3.63) is 41.5 Å². The largest absolute Gasteiger partial charge is 0.383 e. The van der Waals surface area contributed by atoms with Crippen molar-refractivity contribution in [1.29, 1.82) is 5.26 Å². The van der Waals surface area contributed by atoms with Crippen molar-refractivity contribution >= 4 is 17.4 Å². The first-order valence-corrected chi connectivity index (χ1v) is 8.31. The monoisotopic (exact) mass is 336 g/mol. The lowest BCUT2D eigenvalue weighted by Gasteiger charge is -2.14. The lowest BCUT2D eigenvalue weighted by atomic mass is 9.93. The Hall–Kier alpha value is -2.91. The molecule has 1 aliphatic heterocycles. The van der Waals surface area contributed by atoms with Crippen LogP contribution in [0.25, 0.3) is 11.3 Å². The Morgan fingerprint density at radius 3 is 3.00 bits per heavy atom. The summed E-state index contributed by atoms with van der Waals surface area (Å²) in [5.41, 5.74) is 9.57. The molecule has 1 amide bonds. The van der Waals surface area contributed by atoms with Crippen LogP contribution in [0.2, 0.25) is 0 Å². The minimum absolute atomic E-state index is 0.0479. The van der Waals surface area contributed by atoms with E-state index in [0.29, 0.717) is 36.6 Å². The van der Waals surface area contributed by atoms with Crippen LogP contribution in [0.1, 0.15) is 36.8 Å². The Morgan fingerprint density at radius 2 is 2.32 bits per heavy atom. The number of nitrogens with two attached hydrogens (primary N) is 1. The molecule has 1 fully saturated rings. The summed E-state index contributed by atoms with van der Waals surface area (Å²) >= 11 is 0. The van der Waals surface area contributed by atoms with Crippen LogP contribution in [0.4, 0.5) is 11.5 Å². The second kappa shape index (κ2) is 7.32. The van der Waals surface area contributed by atoms with E-state index in [9.17, 15) is 10.1 Å². The number of carbonyl (C=O) groups is 1. The van der Waals surface area contributed by atoms with Gasteiger partial charge in [-0.05, 0) is 30.2 Å². The smallest absolute Gasteiger partial charge is 0.224 e. The van der Waals surface area contributed by atoms with Crippen molar-refractivity contribution < 1.29 is 9.53 Å². The van der Waals surface area contributed by atoms with E-state index in [4.69, 9.17) is 10.5 Å². The molecule has 1 aromatic carbocycles. The number of anilines is 2. The van der Waals surface area contributed by atoms with Crippen LogP contribution in [0, 0.1) is 11.3 Å². The first kappa shape index (κ1) is 16.9. The van der Waals surface area contributed by atoms with Crippen LogP contribution in [0.15, 0.2) is 30.3 Å². The van der Waals surface area contributed by atoms with Gasteiger partial charge < -0.3 is 15.8 Å². The van der Waals surface area contributed by atoms with Gasteiger partial charge in [0.1, 0.15) is 11.9 Å². The molecule has 2 heterocycles. The number of benzene rings is 1. The van der Waals surface area contributed by atoms with Gasteiger partial charge in [0, 0.05) is 30.2 Å². The highest BCUT2D eigenvalue weighted by atomic mass is 16.5. The lowest BCUT2D eigenvalue weighted by Crippen LogP contribution is -2.09. The van der Waals surface area contributed by atoms with Crippen LogP contribution in [-0.2, 0) is 9.53 Å². The fourth-order valence-electron chi connectivity index (χ4n) is 2.96. The average molecular weight is 336 g/mol. The first-order valence-electron chi connectivity index (χ1n) is 8.31. The summed E-state index contributed by atoms with van der Waals surface area (Å²) in [6.07, 6.45) is 1.28. The number of amides is 1. The predicted octanol–water partition coefficient (Wildman–Crippen LogP) is 3.05. The van der Waals surface area contributed by atoms with E-state index in [-0.39, 0.29) is 17.6 Å². The summed E-state index contributed by atoms with van der Waals surface area (Å²) < 4.78 is 5.45. The summed E-state index contributed by atoms with van der Waals surface area (Å²) in [4.78, 5) is 16.0. The molecule has 25 heavy (non-hydrogen) atoms. The molecular weight excluding hydrogens is 316 g/mol. The quantitative estimate of drug-likeness (QED) is 0.893. The van der Waals surface area contributed by atoms with E-state index in [1.165, 1.54) is 0 Å². The molecule has 0 radical (unpaired) electrons. The SMILES string of the molecule is CCC(=O)Nc1cccc(-c2cc([C@@H]3CCOC3)c(C#N)c(N)n2)c1. The van der Waals surface area contributed by atoms with Gasteiger partial charge in [0.05, 0.1) is 17.9 Å². The Balaban J connectivity index is 2.01. The third kappa shape index (κ3) is 3.62. The average Bonchev–Trinajstić information content (AvgIpc) is 3.15. The molecule has 6 heteroatoms. The number of hydrogen-bond acceptors (Lipinski definition) is 5. The molecule has 1 aromatic heterocycles. The number of pyridine rings is 1. The van der Waals surface area contributed by atoms with Crippen LogP contribution in [0.5, 0.6) is 0 Å². The van der Waals surface area contributed by atoms with E-state index in [0.717, 1.165) is 17.5 Å². The molecule has 0 bridgehead atoms. The van der Waals surface area contributed by atoms with E-state index in [2.05, 4.69) is 16.4 Å². The highest BCUT2D eigenvalue weighted by Crippen LogP contribution is 2.33. The zero-order valence-electron chi connectivity index (χ0n) is 14.1. The summed E-state index contributed by atoms with van der Waals surface area (Å²) in [6, 6.07) is 11.5. The Labute approximate surface area is 146 Å². The molecule has 128 valence electrons. The molecule has 0 unspecified atom stereocenters. The topological polar surface area (TPSA) is 101 Å². The van der Waals surface area contributed by atoms with Gasteiger partial charge in [0.15, 0.2) is 0 Å². The van der Waals surface area contributed by atoms with Crippen LogP contribution in [0.3, 0.4) is 0 Å². The highest BCUT2D eigenvalue weighted by Gasteiger charge is 2.23. The van der Waals surface area contributed by atoms with Gasteiger partial charge in [-0.1, -0.05) is 19.1 Å².